The number of nitrogens with zero attached hydrogens (tertiary/aromatic N) is 2. The molecule has 0 fully saturated rings. The number of Topliss-reactive ketones (excluding diaryl/α,β-unsaturated/α-hetero) is 1. The molecule has 2 rings (SSSR count). The molecule has 0 unspecified atom stereocenters. The van der Waals surface area contributed by atoms with Crippen LogP contribution in [0.2, 0.25) is 0 Å². The molecule has 1 aromatic carbocycles. The van der Waals surface area contributed by atoms with Crippen LogP contribution in [0, 0.1) is 12.7 Å². The van der Waals surface area contributed by atoms with Crippen molar-refractivity contribution in [3.63, 3.8) is 0 Å². The summed E-state index contributed by atoms with van der Waals surface area (Å²) in [5.41, 5.74) is 2.41. The predicted octanol–water partition coefficient (Wildman–Crippen LogP) is 3.65. The average molecular weight is 260 g/mol. The molecule has 0 bridgehead atoms. The molecule has 1 heterocycles. The summed E-state index contributed by atoms with van der Waals surface area (Å²) in [6, 6.07) is 4.85. The monoisotopic (exact) mass is 260 g/mol. The van der Waals surface area contributed by atoms with Crippen LogP contribution in [0.4, 0.5) is 4.39 Å². The molecule has 19 heavy (non-hydrogen) atoms. The maximum atomic E-state index is 13.6. The standard InChI is InChI=1S/C15H17FN2O/c1-9(2)14-5-6-18(17-14)15-7-10(3)13(16)8-12(15)11(4)19/h5-9H,1-4H3. The molecule has 1 aromatic heterocycles. The Kier molecular flexibility index (Phi) is 3.51. The molecule has 0 aliphatic carbocycles. The van der Waals surface area contributed by atoms with Crippen LogP contribution in [0.1, 0.15) is 48.3 Å². The predicted molar refractivity (Wildman–Crippen MR) is 72.4 cm³/mol. The van der Waals surface area contributed by atoms with Gasteiger partial charge in [0.25, 0.3) is 0 Å². The van der Waals surface area contributed by atoms with Crippen LogP contribution < -0.4 is 0 Å². The molecule has 0 N–H and O–H groups in total. The first-order valence-electron chi connectivity index (χ1n) is 6.27. The van der Waals surface area contributed by atoms with E-state index in [1.807, 2.05) is 6.07 Å². The van der Waals surface area contributed by atoms with Crippen LogP contribution in [0.5, 0.6) is 0 Å². The van der Waals surface area contributed by atoms with E-state index in [1.54, 1.807) is 23.9 Å². The smallest absolute Gasteiger partial charge is 0.162 e. The Balaban J connectivity index is 2.59. The van der Waals surface area contributed by atoms with E-state index in [1.165, 1.54) is 13.0 Å². The summed E-state index contributed by atoms with van der Waals surface area (Å²) in [6.45, 7) is 7.21. The molecule has 0 spiro atoms. The quantitative estimate of drug-likeness (QED) is 0.790. The zero-order valence-corrected chi connectivity index (χ0v) is 11.6. The molecule has 0 amide bonds. The van der Waals surface area contributed by atoms with Crippen LogP contribution >= 0.6 is 0 Å². The summed E-state index contributed by atoms with van der Waals surface area (Å²) in [7, 11) is 0. The lowest BCUT2D eigenvalue weighted by molar-refractivity contribution is 0.101. The summed E-state index contributed by atoms with van der Waals surface area (Å²) >= 11 is 0. The normalized spacial score (nSPS) is 11.1. The highest BCUT2D eigenvalue weighted by atomic mass is 19.1. The van der Waals surface area contributed by atoms with Crippen molar-refractivity contribution in [1.82, 2.24) is 9.78 Å². The van der Waals surface area contributed by atoms with Gasteiger partial charge in [-0.25, -0.2) is 9.07 Å². The van der Waals surface area contributed by atoms with E-state index < -0.39 is 0 Å². The van der Waals surface area contributed by atoms with Gasteiger partial charge in [-0.3, -0.25) is 4.79 Å². The van der Waals surface area contributed by atoms with E-state index in [0.29, 0.717) is 22.7 Å². The van der Waals surface area contributed by atoms with Gasteiger partial charge in [0, 0.05) is 11.8 Å². The molecule has 0 saturated heterocycles. The average Bonchev–Trinajstić information content (AvgIpc) is 2.81. The molecular weight excluding hydrogens is 243 g/mol. The topological polar surface area (TPSA) is 34.9 Å². The Hall–Kier alpha value is -1.97. The lowest BCUT2D eigenvalue weighted by Gasteiger charge is -2.09. The molecular formula is C15H17FN2O. The second kappa shape index (κ2) is 4.96. The van der Waals surface area contributed by atoms with Gasteiger partial charge in [-0.15, -0.1) is 0 Å². The van der Waals surface area contributed by atoms with Crippen molar-refractivity contribution >= 4 is 5.78 Å². The number of aryl methyl sites for hydroxylation is 1. The second-order valence-electron chi connectivity index (χ2n) is 5.01. The second-order valence-corrected chi connectivity index (χ2v) is 5.01. The van der Waals surface area contributed by atoms with Crippen LogP contribution in [-0.4, -0.2) is 15.6 Å². The summed E-state index contributed by atoms with van der Waals surface area (Å²) in [5, 5.41) is 4.44. The van der Waals surface area contributed by atoms with E-state index in [4.69, 9.17) is 0 Å². The number of carbonyl (C=O) groups excluding carboxylic acids is 1. The van der Waals surface area contributed by atoms with Crippen molar-refractivity contribution in [2.75, 3.05) is 0 Å². The molecule has 0 radical (unpaired) electrons. The minimum atomic E-state index is -0.370. The zero-order valence-electron chi connectivity index (χ0n) is 11.6. The summed E-state index contributed by atoms with van der Waals surface area (Å²) in [4.78, 5) is 11.6. The fourth-order valence-corrected chi connectivity index (χ4v) is 1.92. The van der Waals surface area contributed by atoms with Gasteiger partial charge in [-0.2, -0.15) is 5.10 Å². The molecule has 0 atom stereocenters. The van der Waals surface area contributed by atoms with E-state index in [9.17, 15) is 9.18 Å². The Labute approximate surface area is 112 Å². The van der Waals surface area contributed by atoms with Crippen molar-refractivity contribution in [3.8, 4) is 5.69 Å². The van der Waals surface area contributed by atoms with Gasteiger partial charge in [0.1, 0.15) is 5.82 Å². The first-order chi connectivity index (χ1) is 8.90. The number of ketones is 1. The zero-order chi connectivity index (χ0) is 14.2. The summed E-state index contributed by atoms with van der Waals surface area (Å²) in [6.07, 6.45) is 1.80. The van der Waals surface area contributed by atoms with Gasteiger partial charge in [0.15, 0.2) is 5.78 Å². The summed E-state index contributed by atoms with van der Waals surface area (Å²) < 4.78 is 15.2. The first-order valence-corrected chi connectivity index (χ1v) is 6.27. The lowest BCUT2D eigenvalue weighted by Crippen LogP contribution is -2.06. The lowest BCUT2D eigenvalue weighted by atomic mass is 10.1. The number of hydrogen-bond acceptors (Lipinski definition) is 2. The Bertz CT molecular complexity index is 629. The Morgan fingerprint density at radius 1 is 1.37 bits per heavy atom. The number of carbonyl (C=O) groups is 1. The molecule has 0 aliphatic heterocycles. The molecule has 4 heteroatoms. The van der Waals surface area contributed by atoms with Crippen LogP contribution in [0.15, 0.2) is 24.4 Å². The fraction of sp³-hybridized carbons (Fsp3) is 0.333. The van der Waals surface area contributed by atoms with Crippen molar-refractivity contribution in [1.29, 1.82) is 0 Å². The maximum Gasteiger partial charge on any atom is 0.162 e. The number of rotatable bonds is 3. The minimum absolute atomic E-state index is 0.171. The Morgan fingerprint density at radius 2 is 2.05 bits per heavy atom. The van der Waals surface area contributed by atoms with E-state index >= 15 is 0 Å². The van der Waals surface area contributed by atoms with Gasteiger partial charge in [0.05, 0.1) is 11.4 Å². The highest BCUT2D eigenvalue weighted by Gasteiger charge is 2.14. The number of halogens is 1. The third-order valence-corrected chi connectivity index (χ3v) is 3.10. The van der Waals surface area contributed by atoms with Gasteiger partial charge in [-0.1, -0.05) is 13.8 Å². The maximum absolute atomic E-state index is 13.6. The highest BCUT2D eigenvalue weighted by Crippen LogP contribution is 2.21. The van der Waals surface area contributed by atoms with Crippen LogP contribution in [0.3, 0.4) is 0 Å². The summed E-state index contributed by atoms with van der Waals surface area (Å²) in [5.74, 6) is -0.232. The van der Waals surface area contributed by atoms with Gasteiger partial charge in [-0.05, 0) is 43.5 Å². The van der Waals surface area contributed by atoms with Crippen LogP contribution in [0.25, 0.3) is 5.69 Å². The van der Waals surface area contributed by atoms with Crippen molar-refractivity contribution < 1.29 is 9.18 Å². The molecule has 3 nitrogen and oxygen atoms in total. The van der Waals surface area contributed by atoms with E-state index in [2.05, 4.69) is 18.9 Å². The molecule has 2 aromatic rings. The van der Waals surface area contributed by atoms with Gasteiger partial charge >= 0.3 is 0 Å². The third kappa shape index (κ3) is 2.57. The molecule has 0 aliphatic rings. The Morgan fingerprint density at radius 3 is 2.58 bits per heavy atom. The fourth-order valence-electron chi connectivity index (χ4n) is 1.92. The number of aromatic nitrogens is 2. The minimum Gasteiger partial charge on any atom is -0.294 e. The van der Waals surface area contributed by atoms with Gasteiger partial charge in [0.2, 0.25) is 0 Å². The number of benzene rings is 1. The van der Waals surface area contributed by atoms with Gasteiger partial charge < -0.3 is 0 Å². The van der Waals surface area contributed by atoms with Crippen molar-refractivity contribution in [2.24, 2.45) is 0 Å². The first kappa shape index (κ1) is 13.5. The highest BCUT2D eigenvalue weighted by molar-refractivity contribution is 5.97. The largest absolute Gasteiger partial charge is 0.294 e. The van der Waals surface area contributed by atoms with E-state index in [0.717, 1.165) is 5.69 Å². The SMILES string of the molecule is CC(=O)c1cc(F)c(C)cc1-n1ccc(C(C)C)n1. The van der Waals surface area contributed by atoms with Crippen molar-refractivity contribution in [2.45, 2.75) is 33.6 Å². The van der Waals surface area contributed by atoms with Crippen LogP contribution in [-0.2, 0) is 0 Å². The van der Waals surface area contributed by atoms with Crippen molar-refractivity contribution in [3.05, 3.63) is 47.0 Å². The third-order valence-electron chi connectivity index (χ3n) is 3.10. The molecule has 100 valence electrons. The molecule has 0 saturated carbocycles. The number of hydrogen-bond donors (Lipinski definition) is 0. The van der Waals surface area contributed by atoms with E-state index in [-0.39, 0.29) is 11.6 Å².